The van der Waals surface area contributed by atoms with Gasteiger partial charge in [-0.15, -0.1) is 0 Å². The van der Waals surface area contributed by atoms with Crippen molar-refractivity contribution in [3.05, 3.63) is 94.3 Å². The molecule has 1 unspecified atom stereocenters. The highest BCUT2D eigenvalue weighted by atomic mass is 32.2. The molecule has 0 saturated carbocycles. The first-order chi connectivity index (χ1) is 14.9. The molecule has 0 aliphatic heterocycles. The van der Waals surface area contributed by atoms with Crippen LogP contribution in [0.3, 0.4) is 0 Å². The molecule has 2 aromatic carbocycles. The maximum Gasteiger partial charge on any atom is 0.175 e. The smallest absolute Gasteiger partial charge is 0.175 e. The van der Waals surface area contributed by atoms with Crippen molar-refractivity contribution in [3.8, 4) is 11.1 Å². The fourth-order valence-electron chi connectivity index (χ4n) is 4.72. The number of pyridine rings is 1. The molecular weight excluding hydrogens is 402 g/mol. The van der Waals surface area contributed by atoms with Gasteiger partial charge in [-0.2, -0.15) is 0 Å². The van der Waals surface area contributed by atoms with Gasteiger partial charge in [0.1, 0.15) is 0 Å². The Morgan fingerprint density at radius 2 is 1.90 bits per heavy atom. The summed E-state index contributed by atoms with van der Waals surface area (Å²) in [4.78, 5) is 4.77. The molecule has 0 saturated heterocycles. The predicted molar refractivity (Wildman–Crippen MR) is 127 cm³/mol. The number of hydrogen-bond acceptors (Lipinski definition) is 3. The Morgan fingerprint density at radius 1 is 1.03 bits per heavy atom. The lowest BCUT2D eigenvalue weighted by Gasteiger charge is -2.30. The van der Waals surface area contributed by atoms with Crippen LogP contribution in [0.5, 0.6) is 0 Å². The quantitative estimate of drug-likeness (QED) is 0.533. The Bertz CT molecular complexity index is 1330. The highest BCUT2D eigenvalue weighted by Gasteiger charge is 2.27. The van der Waals surface area contributed by atoms with Gasteiger partial charge in [-0.25, -0.2) is 8.42 Å². The summed E-state index contributed by atoms with van der Waals surface area (Å²) in [6, 6.07) is 14.0. The van der Waals surface area contributed by atoms with Crippen LogP contribution in [-0.2, 0) is 22.7 Å². The summed E-state index contributed by atoms with van der Waals surface area (Å²) in [7, 11) is -3.27. The maximum absolute atomic E-state index is 12.3. The van der Waals surface area contributed by atoms with E-state index in [-0.39, 0.29) is 5.92 Å². The van der Waals surface area contributed by atoms with Gasteiger partial charge in [0, 0.05) is 24.1 Å². The number of fused-ring (bicyclic) bond motifs is 5. The lowest BCUT2D eigenvalue weighted by atomic mass is 9.74. The standard InChI is InChI=1S/C27H25NO2S/c1-18-7-8-19(17-28-18)9-10-21-15-26-23-6-4-3-5-20(23)11-13-25(26)27-16-22(31(2,29)30)12-14-24(21)27/h3,5,7-14,16-17,21H,4,6,15H2,1-2H3/b10-9-. The average Bonchev–Trinajstić information content (AvgIpc) is 2.77. The van der Waals surface area contributed by atoms with Crippen LogP contribution in [0, 0.1) is 6.92 Å². The van der Waals surface area contributed by atoms with E-state index in [1.54, 1.807) is 6.07 Å². The number of aromatic nitrogens is 1. The van der Waals surface area contributed by atoms with Crippen LogP contribution in [0.4, 0.5) is 0 Å². The SMILES string of the molecule is Cc1ccc(/C=C\C2Cc3c(ccc4c3CCC=C4)-c3cc(S(C)(=O)=O)ccc32)cn1. The Kier molecular flexibility index (Phi) is 4.90. The highest BCUT2D eigenvalue weighted by molar-refractivity contribution is 7.90. The number of aryl methyl sites for hydroxylation is 1. The summed E-state index contributed by atoms with van der Waals surface area (Å²) in [6.07, 6.45) is 15.0. The zero-order valence-corrected chi connectivity index (χ0v) is 18.6. The van der Waals surface area contributed by atoms with Crippen molar-refractivity contribution < 1.29 is 8.42 Å². The lowest BCUT2D eigenvalue weighted by molar-refractivity contribution is 0.602. The number of rotatable bonds is 3. The molecule has 3 aromatic rings. The summed E-state index contributed by atoms with van der Waals surface area (Å²) >= 11 is 0. The number of benzene rings is 2. The molecule has 1 aromatic heterocycles. The van der Waals surface area contributed by atoms with Crippen molar-refractivity contribution in [1.82, 2.24) is 4.98 Å². The van der Waals surface area contributed by atoms with Crippen LogP contribution in [0.15, 0.2) is 65.7 Å². The molecule has 1 heterocycles. The molecule has 0 radical (unpaired) electrons. The molecule has 2 aliphatic carbocycles. The van der Waals surface area contributed by atoms with Crippen molar-refractivity contribution in [2.24, 2.45) is 0 Å². The minimum atomic E-state index is -3.27. The Morgan fingerprint density at radius 3 is 2.68 bits per heavy atom. The fraction of sp³-hybridized carbons (Fsp3) is 0.222. The van der Waals surface area contributed by atoms with E-state index in [4.69, 9.17) is 0 Å². The third-order valence-electron chi connectivity index (χ3n) is 6.35. The van der Waals surface area contributed by atoms with E-state index in [9.17, 15) is 8.42 Å². The first kappa shape index (κ1) is 20.0. The van der Waals surface area contributed by atoms with Gasteiger partial charge in [-0.05, 0) is 83.3 Å². The third kappa shape index (κ3) is 3.77. The average molecular weight is 428 g/mol. The normalized spacial score (nSPS) is 17.3. The molecule has 0 spiro atoms. The van der Waals surface area contributed by atoms with E-state index in [2.05, 4.69) is 47.5 Å². The zero-order chi connectivity index (χ0) is 21.6. The van der Waals surface area contributed by atoms with Crippen molar-refractivity contribution in [1.29, 1.82) is 0 Å². The fourth-order valence-corrected chi connectivity index (χ4v) is 5.36. The summed E-state index contributed by atoms with van der Waals surface area (Å²) in [5.41, 5.74) is 9.53. The minimum absolute atomic E-state index is 0.190. The predicted octanol–water partition coefficient (Wildman–Crippen LogP) is 5.77. The summed E-state index contributed by atoms with van der Waals surface area (Å²) in [5, 5.41) is 0. The second-order valence-corrected chi connectivity index (χ2v) is 10.5. The summed E-state index contributed by atoms with van der Waals surface area (Å²) in [5.74, 6) is 0.190. The van der Waals surface area contributed by atoms with Gasteiger partial charge in [-0.3, -0.25) is 4.98 Å². The Hall–Kier alpha value is -2.98. The monoisotopic (exact) mass is 427 g/mol. The van der Waals surface area contributed by atoms with Crippen molar-refractivity contribution in [3.63, 3.8) is 0 Å². The van der Waals surface area contributed by atoms with Gasteiger partial charge < -0.3 is 0 Å². The molecular formula is C27H25NO2S. The number of nitrogens with zero attached hydrogens (tertiary/aromatic N) is 1. The maximum atomic E-state index is 12.3. The summed E-state index contributed by atoms with van der Waals surface area (Å²) in [6.45, 7) is 1.98. The van der Waals surface area contributed by atoms with Crippen LogP contribution in [0.1, 0.15) is 45.8 Å². The first-order valence-corrected chi connectivity index (χ1v) is 12.6. The van der Waals surface area contributed by atoms with Crippen molar-refractivity contribution >= 4 is 22.0 Å². The second-order valence-electron chi connectivity index (χ2n) is 8.52. The lowest BCUT2D eigenvalue weighted by Crippen LogP contribution is -2.14. The van der Waals surface area contributed by atoms with E-state index in [1.165, 1.54) is 34.1 Å². The van der Waals surface area contributed by atoms with Gasteiger partial charge in [0.05, 0.1) is 4.90 Å². The number of hydrogen-bond donors (Lipinski definition) is 0. The molecule has 0 N–H and O–H groups in total. The molecule has 1 atom stereocenters. The van der Waals surface area contributed by atoms with E-state index in [1.807, 2.05) is 31.3 Å². The van der Waals surface area contributed by atoms with Crippen LogP contribution in [-0.4, -0.2) is 19.7 Å². The van der Waals surface area contributed by atoms with Crippen LogP contribution in [0.2, 0.25) is 0 Å². The topological polar surface area (TPSA) is 47.0 Å². The van der Waals surface area contributed by atoms with Gasteiger partial charge >= 0.3 is 0 Å². The molecule has 0 amide bonds. The van der Waals surface area contributed by atoms with Gasteiger partial charge in [0.2, 0.25) is 0 Å². The van der Waals surface area contributed by atoms with Gasteiger partial charge in [0.25, 0.3) is 0 Å². The number of allylic oxidation sites excluding steroid dienone is 2. The van der Waals surface area contributed by atoms with Crippen LogP contribution in [0.25, 0.3) is 23.3 Å². The molecule has 0 fully saturated rings. The molecule has 0 bridgehead atoms. The zero-order valence-electron chi connectivity index (χ0n) is 17.8. The molecule has 156 valence electrons. The second kappa shape index (κ2) is 7.61. The Labute approximate surface area is 184 Å². The minimum Gasteiger partial charge on any atom is -0.261 e. The van der Waals surface area contributed by atoms with E-state index in [0.717, 1.165) is 36.1 Å². The van der Waals surface area contributed by atoms with Crippen LogP contribution >= 0.6 is 0 Å². The molecule has 31 heavy (non-hydrogen) atoms. The molecule has 4 heteroatoms. The summed E-state index contributed by atoms with van der Waals surface area (Å²) < 4.78 is 24.5. The molecule has 3 nitrogen and oxygen atoms in total. The molecule has 5 rings (SSSR count). The van der Waals surface area contributed by atoms with E-state index >= 15 is 0 Å². The number of sulfone groups is 1. The van der Waals surface area contributed by atoms with Gasteiger partial charge in [-0.1, -0.05) is 48.6 Å². The van der Waals surface area contributed by atoms with E-state index < -0.39 is 9.84 Å². The first-order valence-electron chi connectivity index (χ1n) is 10.7. The Balaban J connectivity index is 1.66. The van der Waals surface area contributed by atoms with Crippen molar-refractivity contribution in [2.75, 3.05) is 6.26 Å². The largest absolute Gasteiger partial charge is 0.261 e. The highest BCUT2D eigenvalue weighted by Crippen LogP contribution is 2.44. The van der Waals surface area contributed by atoms with Crippen molar-refractivity contribution in [2.45, 2.75) is 37.0 Å². The van der Waals surface area contributed by atoms with Gasteiger partial charge in [0.15, 0.2) is 9.84 Å². The third-order valence-corrected chi connectivity index (χ3v) is 7.46. The van der Waals surface area contributed by atoms with Crippen LogP contribution < -0.4 is 0 Å². The molecule has 2 aliphatic rings. The van der Waals surface area contributed by atoms with E-state index in [0.29, 0.717) is 4.90 Å².